The quantitative estimate of drug-likeness (QED) is 0.576. The van der Waals surface area contributed by atoms with Crippen molar-refractivity contribution in [1.29, 1.82) is 0 Å². The molecule has 0 N–H and O–H groups in total. The van der Waals surface area contributed by atoms with Crippen LogP contribution in [0.3, 0.4) is 0 Å². The van der Waals surface area contributed by atoms with Crippen LogP contribution in [0.2, 0.25) is 25.2 Å². The van der Waals surface area contributed by atoms with Crippen LogP contribution >= 0.6 is 0 Å². The van der Waals surface area contributed by atoms with Crippen molar-refractivity contribution in [2.75, 3.05) is 0 Å². The Morgan fingerprint density at radius 2 is 2.00 bits per heavy atom. The fraction of sp³-hybridized carbons (Fsp3) is 0.636. The molecule has 1 heteroatoms. The summed E-state index contributed by atoms with van der Waals surface area (Å²) in [6.07, 6.45) is 9.55. The molecule has 1 atom stereocenters. The lowest BCUT2D eigenvalue weighted by Crippen LogP contribution is -2.27. The molecule has 1 unspecified atom stereocenters. The van der Waals surface area contributed by atoms with E-state index >= 15 is 0 Å². The Kier molecular flexibility index (Phi) is 2.94. The van der Waals surface area contributed by atoms with Gasteiger partial charge in [0, 0.05) is 0 Å². The van der Waals surface area contributed by atoms with Crippen molar-refractivity contribution in [3.63, 3.8) is 0 Å². The van der Waals surface area contributed by atoms with Crippen molar-refractivity contribution in [3.8, 4) is 0 Å². The molecule has 12 heavy (non-hydrogen) atoms. The molecule has 0 amide bonds. The molecule has 0 aromatic rings. The molecule has 0 aliphatic heterocycles. The van der Waals surface area contributed by atoms with E-state index in [0.717, 1.165) is 5.54 Å². The highest BCUT2D eigenvalue weighted by Crippen LogP contribution is 2.36. The second kappa shape index (κ2) is 3.61. The summed E-state index contributed by atoms with van der Waals surface area (Å²) in [4.78, 5) is 0. The van der Waals surface area contributed by atoms with E-state index in [1.54, 1.807) is 5.57 Å². The van der Waals surface area contributed by atoms with Crippen LogP contribution in [0.5, 0.6) is 0 Å². The second-order valence-electron chi connectivity index (χ2n) is 4.72. The minimum atomic E-state index is -0.980. The van der Waals surface area contributed by atoms with Gasteiger partial charge in [-0.25, -0.2) is 0 Å². The van der Waals surface area contributed by atoms with Gasteiger partial charge in [0.15, 0.2) is 0 Å². The Hall–Kier alpha value is -0.303. The molecule has 0 spiro atoms. The lowest BCUT2D eigenvalue weighted by atomic mass is 10.1. The van der Waals surface area contributed by atoms with Gasteiger partial charge in [0.25, 0.3) is 0 Å². The molecule has 0 bridgehead atoms. The first-order valence-corrected chi connectivity index (χ1v) is 8.50. The molecule has 0 fully saturated rings. The van der Waals surface area contributed by atoms with Crippen LogP contribution in [0, 0.1) is 0 Å². The van der Waals surface area contributed by atoms with Crippen molar-refractivity contribution in [3.05, 3.63) is 23.8 Å². The van der Waals surface area contributed by atoms with Gasteiger partial charge in [-0.1, -0.05) is 56.8 Å². The van der Waals surface area contributed by atoms with Gasteiger partial charge in [0.05, 0.1) is 8.07 Å². The molecule has 1 aliphatic rings. The van der Waals surface area contributed by atoms with Gasteiger partial charge < -0.3 is 0 Å². The fourth-order valence-electron chi connectivity index (χ4n) is 1.89. The highest BCUT2D eigenvalue weighted by atomic mass is 28.3. The first kappa shape index (κ1) is 9.78. The summed E-state index contributed by atoms with van der Waals surface area (Å²) < 4.78 is 0. The van der Waals surface area contributed by atoms with Crippen LogP contribution in [0.25, 0.3) is 0 Å². The zero-order chi connectivity index (χ0) is 9.19. The van der Waals surface area contributed by atoms with E-state index in [-0.39, 0.29) is 0 Å². The molecular weight excluding hydrogens is 160 g/mol. The standard InChI is InChI=1S/C11H20Si/c1-5-7-10-8-6-9-11(10)12(2,3)4/h6,8-9,11H,5,7H2,1-4H3. The number of rotatable bonds is 3. The van der Waals surface area contributed by atoms with Crippen LogP contribution in [0.1, 0.15) is 19.8 Å². The minimum absolute atomic E-state index is 0.817. The maximum absolute atomic E-state index is 2.46. The fourth-order valence-corrected chi connectivity index (χ4v) is 3.93. The van der Waals surface area contributed by atoms with E-state index in [9.17, 15) is 0 Å². The second-order valence-corrected chi connectivity index (χ2v) is 10.1. The van der Waals surface area contributed by atoms with Gasteiger partial charge >= 0.3 is 0 Å². The van der Waals surface area contributed by atoms with Crippen molar-refractivity contribution in [2.24, 2.45) is 0 Å². The molecule has 68 valence electrons. The van der Waals surface area contributed by atoms with Crippen LogP contribution in [0.15, 0.2) is 23.8 Å². The highest BCUT2D eigenvalue weighted by molar-refractivity contribution is 6.78. The third kappa shape index (κ3) is 2.10. The first-order valence-electron chi connectivity index (χ1n) is 4.93. The monoisotopic (exact) mass is 180 g/mol. The summed E-state index contributed by atoms with van der Waals surface area (Å²) in [6, 6.07) is 0. The van der Waals surface area contributed by atoms with Crippen LogP contribution in [-0.4, -0.2) is 8.07 Å². The summed E-state index contributed by atoms with van der Waals surface area (Å²) in [5.41, 5.74) is 2.49. The van der Waals surface area contributed by atoms with E-state index in [0.29, 0.717) is 0 Å². The SMILES string of the molecule is CCCC1=CC=CC1[Si](C)(C)C. The lowest BCUT2D eigenvalue weighted by molar-refractivity contribution is 0.876. The van der Waals surface area contributed by atoms with E-state index in [1.807, 2.05) is 0 Å². The number of hydrogen-bond acceptors (Lipinski definition) is 0. The molecule has 0 saturated heterocycles. The van der Waals surface area contributed by atoms with Crippen molar-refractivity contribution in [1.82, 2.24) is 0 Å². The van der Waals surface area contributed by atoms with E-state index in [2.05, 4.69) is 44.8 Å². The van der Waals surface area contributed by atoms with Gasteiger partial charge in [-0.05, 0) is 12.0 Å². The maximum atomic E-state index is 2.46. The third-order valence-corrected chi connectivity index (χ3v) is 4.91. The summed E-state index contributed by atoms with van der Waals surface area (Å²) in [5, 5.41) is 0. The zero-order valence-corrected chi connectivity index (χ0v) is 9.72. The Bertz CT molecular complexity index is 206. The van der Waals surface area contributed by atoms with E-state index in [1.165, 1.54) is 12.8 Å². The average Bonchev–Trinajstić information content (AvgIpc) is 2.34. The maximum Gasteiger partial charge on any atom is 0.0561 e. The number of allylic oxidation sites excluding steroid dienone is 4. The minimum Gasteiger partial charge on any atom is -0.0801 e. The Balaban J connectivity index is 2.67. The molecule has 1 rings (SSSR count). The van der Waals surface area contributed by atoms with Gasteiger partial charge in [-0.3, -0.25) is 0 Å². The Morgan fingerprint density at radius 3 is 2.50 bits per heavy atom. The van der Waals surface area contributed by atoms with E-state index < -0.39 is 8.07 Å². The van der Waals surface area contributed by atoms with E-state index in [4.69, 9.17) is 0 Å². The Morgan fingerprint density at radius 1 is 1.33 bits per heavy atom. The van der Waals surface area contributed by atoms with Crippen molar-refractivity contribution >= 4 is 8.07 Å². The summed E-state index contributed by atoms with van der Waals surface area (Å²) in [6.45, 7) is 9.63. The molecule has 0 radical (unpaired) electrons. The zero-order valence-electron chi connectivity index (χ0n) is 8.72. The van der Waals surface area contributed by atoms with Crippen LogP contribution < -0.4 is 0 Å². The summed E-state index contributed by atoms with van der Waals surface area (Å²) in [5.74, 6) is 0. The smallest absolute Gasteiger partial charge is 0.0561 e. The van der Waals surface area contributed by atoms with Crippen LogP contribution in [0.4, 0.5) is 0 Å². The third-order valence-electron chi connectivity index (χ3n) is 2.49. The summed E-state index contributed by atoms with van der Waals surface area (Å²) >= 11 is 0. The largest absolute Gasteiger partial charge is 0.0801 e. The van der Waals surface area contributed by atoms with Gasteiger partial charge in [-0.15, -0.1) is 0 Å². The van der Waals surface area contributed by atoms with Gasteiger partial charge in [-0.2, -0.15) is 0 Å². The molecule has 0 heterocycles. The molecule has 0 aromatic carbocycles. The normalized spacial score (nSPS) is 23.0. The van der Waals surface area contributed by atoms with Crippen molar-refractivity contribution in [2.45, 2.75) is 44.9 Å². The molecule has 1 aliphatic carbocycles. The molecule has 0 nitrogen and oxygen atoms in total. The predicted molar refractivity (Wildman–Crippen MR) is 59.2 cm³/mol. The predicted octanol–water partition coefficient (Wildman–Crippen LogP) is 3.99. The molecule has 0 aromatic heterocycles. The van der Waals surface area contributed by atoms with Gasteiger partial charge in [0.2, 0.25) is 0 Å². The molecule has 0 saturated carbocycles. The number of hydrogen-bond donors (Lipinski definition) is 0. The Labute approximate surface area is 77.4 Å². The average molecular weight is 180 g/mol. The highest BCUT2D eigenvalue weighted by Gasteiger charge is 2.28. The lowest BCUT2D eigenvalue weighted by Gasteiger charge is -2.26. The summed E-state index contributed by atoms with van der Waals surface area (Å²) in [7, 11) is -0.980. The van der Waals surface area contributed by atoms with Gasteiger partial charge in [0.1, 0.15) is 0 Å². The van der Waals surface area contributed by atoms with Crippen molar-refractivity contribution < 1.29 is 0 Å². The molecular formula is C11H20Si. The van der Waals surface area contributed by atoms with Crippen LogP contribution in [-0.2, 0) is 0 Å². The first-order chi connectivity index (χ1) is 5.55. The topological polar surface area (TPSA) is 0 Å².